The van der Waals surface area contributed by atoms with E-state index < -0.39 is 0 Å². The second kappa shape index (κ2) is 5.45. The Morgan fingerprint density at radius 3 is 2.95 bits per heavy atom. The molecule has 0 atom stereocenters. The van der Waals surface area contributed by atoms with Crippen LogP contribution in [0.15, 0.2) is 30.9 Å². The number of imidazole rings is 1. The van der Waals surface area contributed by atoms with Gasteiger partial charge in [0.15, 0.2) is 0 Å². The van der Waals surface area contributed by atoms with E-state index >= 15 is 0 Å². The minimum atomic E-state index is -0.121. The molecule has 0 aromatic carbocycles. The molecule has 2 heterocycles. The number of hydrogen-bond donors (Lipinski definition) is 1. The molecule has 0 aliphatic heterocycles. The van der Waals surface area contributed by atoms with Crippen molar-refractivity contribution in [3.63, 3.8) is 0 Å². The fraction of sp³-hybridized carbons (Fsp3) is 0.400. The van der Waals surface area contributed by atoms with Crippen LogP contribution in [0.1, 0.15) is 25.0 Å². The van der Waals surface area contributed by atoms with Crippen LogP contribution in [0.4, 0.5) is 4.79 Å². The molecule has 1 amide bonds. The second-order valence-corrected chi connectivity index (χ2v) is 5.32. The van der Waals surface area contributed by atoms with Gasteiger partial charge in [-0.05, 0) is 31.4 Å². The Hall–Kier alpha value is -2.17. The van der Waals surface area contributed by atoms with Crippen molar-refractivity contribution in [3.8, 4) is 11.3 Å². The average molecular weight is 270 g/mol. The van der Waals surface area contributed by atoms with E-state index in [1.54, 1.807) is 18.7 Å². The zero-order valence-corrected chi connectivity index (χ0v) is 11.5. The van der Waals surface area contributed by atoms with Crippen LogP contribution in [0.25, 0.3) is 11.3 Å². The second-order valence-electron chi connectivity index (χ2n) is 5.32. The predicted molar refractivity (Wildman–Crippen MR) is 76.3 cm³/mol. The molecule has 0 bridgehead atoms. The molecule has 2 aromatic heterocycles. The fourth-order valence-electron chi connectivity index (χ4n) is 2.08. The highest BCUT2D eigenvalue weighted by Crippen LogP contribution is 2.31. The standard InChI is InChI=1S/C15H18N4O/c1-11-2-5-13(8-17-11)14-9-19(10-18-14)15(20)16-7-6-12-3-4-12/h2,5,8-10,12H,3-4,6-7H2,1H3,(H,16,20). The Balaban J connectivity index is 1.63. The van der Waals surface area contributed by atoms with E-state index in [-0.39, 0.29) is 6.03 Å². The summed E-state index contributed by atoms with van der Waals surface area (Å²) in [6, 6.07) is 3.77. The normalized spacial score (nSPS) is 14.2. The molecule has 1 saturated carbocycles. The van der Waals surface area contributed by atoms with Gasteiger partial charge in [0.25, 0.3) is 0 Å². The van der Waals surface area contributed by atoms with E-state index in [1.165, 1.54) is 17.4 Å². The minimum absolute atomic E-state index is 0.121. The number of rotatable bonds is 4. The maximum Gasteiger partial charge on any atom is 0.326 e. The van der Waals surface area contributed by atoms with E-state index in [9.17, 15) is 4.79 Å². The number of amides is 1. The van der Waals surface area contributed by atoms with Crippen molar-refractivity contribution in [1.29, 1.82) is 0 Å². The SMILES string of the molecule is Cc1ccc(-c2cn(C(=O)NCCC3CC3)cn2)cn1. The van der Waals surface area contributed by atoms with E-state index in [0.717, 1.165) is 35.8 Å². The van der Waals surface area contributed by atoms with E-state index in [4.69, 9.17) is 0 Å². The van der Waals surface area contributed by atoms with Crippen molar-refractivity contribution in [2.75, 3.05) is 6.54 Å². The average Bonchev–Trinajstić information content (AvgIpc) is 3.14. The van der Waals surface area contributed by atoms with Crippen molar-refractivity contribution in [1.82, 2.24) is 19.9 Å². The molecule has 1 fully saturated rings. The van der Waals surface area contributed by atoms with E-state index in [0.29, 0.717) is 0 Å². The first-order valence-corrected chi connectivity index (χ1v) is 6.97. The Bertz CT molecular complexity index is 599. The number of nitrogens with one attached hydrogen (secondary N) is 1. The molecule has 0 radical (unpaired) electrons. The van der Waals surface area contributed by atoms with Crippen molar-refractivity contribution >= 4 is 6.03 Å². The molecular formula is C15H18N4O. The lowest BCUT2D eigenvalue weighted by atomic mass is 10.2. The fourth-order valence-corrected chi connectivity index (χ4v) is 2.08. The lowest BCUT2D eigenvalue weighted by Gasteiger charge is -2.03. The Morgan fingerprint density at radius 2 is 2.25 bits per heavy atom. The third-order valence-corrected chi connectivity index (χ3v) is 3.55. The summed E-state index contributed by atoms with van der Waals surface area (Å²) in [6.45, 7) is 2.68. The molecule has 1 aliphatic rings. The third kappa shape index (κ3) is 3.04. The first-order chi connectivity index (χ1) is 9.72. The number of aromatic nitrogens is 3. The molecule has 3 rings (SSSR count). The highest BCUT2D eigenvalue weighted by molar-refractivity contribution is 5.77. The first kappa shape index (κ1) is 12.8. The molecular weight excluding hydrogens is 252 g/mol. The zero-order chi connectivity index (χ0) is 13.9. The summed E-state index contributed by atoms with van der Waals surface area (Å²) in [4.78, 5) is 20.4. The number of carbonyl (C=O) groups excluding carboxylic acids is 1. The van der Waals surface area contributed by atoms with Gasteiger partial charge in [-0.1, -0.05) is 12.8 Å². The van der Waals surface area contributed by atoms with Crippen molar-refractivity contribution in [3.05, 3.63) is 36.5 Å². The van der Waals surface area contributed by atoms with Crippen LogP contribution >= 0.6 is 0 Å². The minimum Gasteiger partial charge on any atom is -0.337 e. The van der Waals surface area contributed by atoms with Crippen LogP contribution in [0.3, 0.4) is 0 Å². The lowest BCUT2D eigenvalue weighted by Crippen LogP contribution is -2.28. The van der Waals surface area contributed by atoms with Gasteiger partial charge in [-0.2, -0.15) is 0 Å². The first-order valence-electron chi connectivity index (χ1n) is 6.97. The summed E-state index contributed by atoms with van der Waals surface area (Å²) in [5.41, 5.74) is 2.64. The van der Waals surface area contributed by atoms with Gasteiger partial charge < -0.3 is 5.32 Å². The summed E-state index contributed by atoms with van der Waals surface area (Å²) in [5, 5.41) is 2.91. The van der Waals surface area contributed by atoms with Crippen LogP contribution in [-0.4, -0.2) is 27.1 Å². The Labute approximate surface area is 118 Å². The predicted octanol–water partition coefficient (Wildman–Crippen LogP) is 2.61. The quantitative estimate of drug-likeness (QED) is 0.929. The zero-order valence-electron chi connectivity index (χ0n) is 11.5. The molecule has 0 unspecified atom stereocenters. The molecule has 0 spiro atoms. The molecule has 1 N–H and O–H groups in total. The van der Waals surface area contributed by atoms with Crippen molar-refractivity contribution in [2.24, 2.45) is 5.92 Å². The number of hydrogen-bond acceptors (Lipinski definition) is 3. The molecule has 0 saturated heterocycles. The van der Waals surface area contributed by atoms with Gasteiger partial charge >= 0.3 is 6.03 Å². The third-order valence-electron chi connectivity index (χ3n) is 3.55. The lowest BCUT2D eigenvalue weighted by molar-refractivity contribution is 0.242. The Kier molecular flexibility index (Phi) is 3.50. The van der Waals surface area contributed by atoms with Crippen LogP contribution in [0.2, 0.25) is 0 Å². The number of carbonyl (C=O) groups is 1. The summed E-state index contributed by atoms with van der Waals surface area (Å²) >= 11 is 0. The summed E-state index contributed by atoms with van der Waals surface area (Å²) in [5.74, 6) is 0.826. The van der Waals surface area contributed by atoms with Gasteiger partial charge in [-0.3, -0.25) is 9.55 Å². The highest BCUT2D eigenvalue weighted by Gasteiger charge is 2.20. The van der Waals surface area contributed by atoms with Gasteiger partial charge in [0, 0.05) is 30.2 Å². The van der Waals surface area contributed by atoms with Gasteiger partial charge in [0.1, 0.15) is 6.33 Å². The molecule has 1 aliphatic carbocycles. The monoisotopic (exact) mass is 270 g/mol. The topological polar surface area (TPSA) is 59.8 Å². The molecule has 2 aromatic rings. The molecule has 5 nitrogen and oxygen atoms in total. The van der Waals surface area contributed by atoms with Crippen molar-refractivity contribution < 1.29 is 4.79 Å². The molecule has 5 heteroatoms. The highest BCUT2D eigenvalue weighted by atomic mass is 16.2. The molecule has 104 valence electrons. The van der Waals surface area contributed by atoms with Gasteiger partial charge in [0.2, 0.25) is 0 Å². The number of pyridine rings is 1. The van der Waals surface area contributed by atoms with Gasteiger partial charge in [0.05, 0.1) is 5.69 Å². The van der Waals surface area contributed by atoms with Crippen LogP contribution in [-0.2, 0) is 0 Å². The smallest absolute Gasteiger partial charge is 0.326 e. The van der Waals surface area contributed by atoms with E-state index in [1.807, 2.05) is 19.1 Å². The summed E-state index contributed by atoms with van der Waals surface area (Å²) < 4.78 is 1.49. The van der Waals surface area contributed by atoms with Crippen LogP contribution in [0.5, 0.6) is 0 Å². The number of aryl methyl sites for hydroxylation is 1. The van der Waals surface area contributed by atoms with Crippen LogP contribution < -0.4 is 5.32 Å². The summed E-state index contributed by atoms with van der Waals surface area (Å²) in [7, 11) is 0. The maximum atomic E-state index is 11.9. The van der Waals surface area contributed by atoms with Gasteiger partial charge in [-0.25, -0.2) is 9.78 Å². The Morgan fingerprint density at radius 1 is 1.40 bits per heavy atom. The number of nitrogens with zero attached hydrogens (tertiary/aromatic N) is 3. The maximum absolute atomic E-state index is 11.9. The van der Waals surface area contributed by atoms with E-state index in [2.05, 4.69) is 15.3 Å². The van der Waals surface area contributed by atoms with Crippen molar-refractivity contribution in [2.45, 2.75) is 26.2 Å². The van der Waals surface area contributed by atoms with Gasteiger partial charge in [-0.15, -0.1) is 0 Å². The molecule has 20 heavy (non-hydrogen) atoms. The summed E-state index contributed by atoms with van der Waals surface area (Å²) in [6.07, 6.45) is 8.75. The van der Waals surface area contributed by atoms with Crippen LogP contribution in [0, 0.1) is 12.8 Å². The largest absolute Gasteiger partial charge is 0.337 e.